The van der Waals surface area contributed by atoms with Crippen LogP contribution in [0, 0.1) is 27.7 Å². The van der Waals surface area contributed by atoms with E-state index in [1.54, 1.807) is 14.2 Å². The second kappa shape index (κ2) is 18.3. The minimum atomic E-state index is 0.835. The molecule has 288 valence electrons. The highest BCUT2D eigenvalue weighted by molar-refractivity contribution is 5.90. The van der Waals surface area contributed by atoms with Gasteiger partial charge in [-0.2, -0.15) is 0 Å². The quantitative estimate of drug-likeness (QED) is 0.139. The number of para-hydroxylation sites is 2. The van der Waals surface area contributed by atoms with Crippen molar-refractivity contribution in [1.29, 1.82) is 0 Å². The van der Waals surface area contributed by atoms with E-state index in [1.165, 1.54) is 50.2 Å². The topological polar surface area (TPSA) is 24.9 Å². The molecule has 0 amide bonds. The van der Waals surface area contributed by atoms with Crippen molar-refractivity contribution in [3.8, 4) is 33.8 Å². The predicted molar refractivity (Wildman–Crippen MR) is 245 cm³/mol. The van der Waals surface area contributed by atoms with Gasteiger partial charge in [0.15, 0.2) is 0 Å². The summed E-state index contributed by atoms with van der Waals surface area (Å²) in [6.07, 6.45) is 0. The van der Waals surface area contributed by atoms with E-state index in [1.807, 2.05) is 24.3 Å². The fourth-order valence-corrected chi connectivity index (χ4v) is 7.08. The average Bonchev–Trinajstić information content (AvgIpc) is 3.26. The molecule has 8 aromatic carbocycles. The maximum atomic E-state index is 5.38. The number of ether oxygens (including phenoxy) is 2. The van der Waals surface area contributed by atoms with Gasteiger partial charge in [0.2, 0.25) is 0 Å². The normalized spacial score (nSPS) is 10.6. The first-order chi connectivity index (χ1) is 28.3. The summed E-state index contributed by atoms with van der Waals surface area (Å²) in [5, 5.41) is 0. The summed E-state index contributed by atoms with van der Waals surface area (Å²) >= 11 is 0. The molecule has 0 saturated heterocycles. The zero-order valence-corrected chi connectivity index (χ0v) is 34.2. The summed E-state index contributed by atoms with van der Waals surface area (Å²) in [6, 6.07) is 68.2. The van der Waals surface area contributed by atoms with Crippen LogP contribution < -0.4 is 19.3 Å². The molecule has 8 aromatic rings. The van der Waals surface area contributed by atoms with Crippen LogP contribution in [0.5, 0.6) is 11.5 Å². The van der Waals surface area contributed by atoms with Crippen molar-refractivity contribution in [3.63, 3.8) is 0 Å². The molecule has 4 heteroatoms. The van der Waals surface area contributed by atoms with Gasteiger partial charge < -0.3 is 19.3 Å². The Balaban J connectivity index is 0.000000178. The van der Waals surface area contributed by atoms with Crippen molar-refractivity contribution >= 4 is 34.1 Å². The van der Waals surface area contributed by atoms with E-state index in [9.17, 15) is 0 Å². The number of hydrogen-bond donors (Lipinski definition) is 0. The number of methoxy groups -OCH3 is 2. The first kappa shape index (κ1) is 39.2. The Labute approximate surface area is 344 Å². The van der Waals surface area contributed by atoms with Crippen molar-refractivity contribution in [2.45, 2.75) is 27.7 Å². The minimum Gasteiger partial charge on any atom is -0.497 e. The van der Waals surface area contributed by atoms with Gasteiger partial charge in [-0.1, -0.05) is 120 Å². The molecule has 4 nitrogen and oxygen atoms in total. The van der Waals surface area contributed by atoms with Gasteiger partial charge >= 0.3 is 0 Å². The Morgan fingerprint density at radius 2 is 0.621 bits per heavy atom. The lowest BCUT2D eigenvalue weighted by Crippen LogP contribution is -2.11. The molecule has 0 aliphatic heterocycles. The lowest BCUT2D eigenvalue weighted by molar-refractivity contribution is 0.415. The van der Waals surface area contributed by atoms with Crippen LogP contribution in [0.4, 0.5) is 34.1 Å². The third kappa shape index (κ3) is 9.15. The van der Waals surface area contributed by atoms with Crippen molar-refractivity contribution in [3.05, 3.63) is 216 Å². The first-order valence-electron chi connectivity index (χ1n) is 19.6. The number of anilines is 6. The van der Waals surface area contributed by atoms with Gasteiger partial charge in [-0.05, 0) is 135 Å². The van der Waals surface area contributed by atoms with Crippen LogP contribution in [0.15, 0.2) is 194 Å². The Bertz CT molecular complexity index is 2440. The number of rotatable bonds is 10. The summed E-state index contributed by atoms with van der Waals surface area (Å²) < 4.78 is 10.8. The van der Waals surface area contributed by atoms with Crippen molar-refractivity contribution in [2.75, 3.05) is 24.0 Å². The van der Waals surface area contributed by atoms with Crippen molar-refractivity contribution in [1.82, 2.24) is 0 Å². The van der Waals surface area contributed by atoms with E-state index < -0.39 is 0 Å². The molecule has 0 aromatic heterocycles. The number of hydrogen-bond acceptors (Lipinski definition) is 4. The van der Waals surface area contributed by atoms with Gasteiger partial charge in [-0.25, -0.2) is 0 Å². The maximum Gasteiger partial charge on any atom is 0.119 e. The Morgan fingerprint density at radius 1 is 0.310 bits per heavy atom. The summed E-state index contributed by atoms with van der Waals surface area (Å²) in [4.78, 5) is 4.61. The summed E-state index contributed by atoms with van der Waals surface area (Å²) in [5.41, 5.74) is 16.5. The molecule has 0 spiro atoms. The molecule has 0 atom stereocenters. The molecule has 8 rings (SSSR count). The largest absolute Gasteiger partial charge is 0.497 e. The molecule has 0 saturated carbocycles. The van der Waals surface area contributed by atoms with Gasteiger partial charge in [-0.15, -0.1) is 0 Å². The third-order valence-corrected chi connectivity index (χ3v) is 10.2. The number of benzene rings is 8. The second-order valence-electron chi connectivity index (χ2n) is 14.5. The molecule has 58 heavy (non-hydrogen) atoms. The van der Waals surface area contributed by atoms with Crippen LogP contribution in [-0.2, 0) is 0 Å². The monoisotopic (exact) mass is 758 g/mol. The smallest absolute Gasteiger partial charge is 0.119 e. The highest BCUT2D eigenvalue weighted by Gasteiger charge is 2.19. The highest BCUT2D eigenvalue weighted by atomic mass is 16.5. The van der Waals surface area contributed by atoms with Crippen LogP contribution in [0.25, 0.3) is 22.3 Å². The number of nitrogens with zero attached hydrogens (tertiary/aromatic N) is 2. The Morgan fingerprint density at radius 3 is 0.948 bits per heavy atom. The third-order valence-electron chi connectivity index (χ3n) is 10.2. The number of aryl methyl sites for hydroxylation is 4. The fraction of sp³-hybridized carbons (Fsp3) is 0.111. The molecule has 0 bridgehead atoms. The van der Waals surface area contributed by atoms with E-state index in [2.05, 4.69) is 207 Å². The molecule has 0 radical (unpaired) electrons. The van der Waals surface area contributed by atoms with Gasteiger partial charge in [0, 0.05) is 33.9 Å². The van der Waals surface area contributed by atoms with Crippen LogP contribution >= 0.6 is 0 Å². The predicted octanol–water partition coefficient (Wildman–Crippen LogP) is 14.9. The van der Waals surface area contributed by atoms with Crippen LogP contribution in [0.3, 0.4) is 0 Å². The maximum absolute atomic E-state index is 5.38. The highest BCUT2D eigenvalue weighted by Crippen LogP contribution is 2.43. The van der Waals surface area contributed by atoms with Crippen LogP contribution in [-0.4, -0.2) is 14.2 Å². The standard InChI is InChI=1S/C28H27NO2.C26H23N/c1-20-5-8-22(9-6-20)27-18-7-21(2)19-28(27)29(23-10-14-25(30-3)15-11-23)24-12-16-26(31-4)17-13-24;1-20-13-16-22(17-14-20)25-18-15-21(2)19-26(25)27(23-9-5-3-6-10-23)24-11-7-4-8-12-24/h5-19H,1-4H3;3-19H,1-2H3. The van der Waals surface area contributed by atoms with Gasteiger partial charge in [0.25, 0.3) is 0 Å². The fourth-order valence-electron chi connectivity index (χ4n) is 7.08. The summed E-state index contributed by atoms with van der Waals surface area (Å²) in [7, 11) is 3.37. The average molecular weight is 759 g/mol. The van der Waals surface area contributed by atoms with Gasteiger partial charge in [0.1, 0.15) is 11.5 Å². The van der Waals surface area contributed by atoms with Crippen molar-refractivity contribution in [2.24, 2.45) is 0 Å². The molecule has 0 aliphatic carbocycles. The second-order valence-corrected chi connectivity index (χ2v) is 14.5. The molecular weight excluding hydrogens is 709 g/mol. The van der Waals surface area contributed by atoms with E-state index in [4.69, 9.17) is 9.47 Å². The van der Waals surface area contributed by atoms with Crippen molar-refractivity contribution < 1.29 is 9.47 Å². The van der Waals surface area contributed by atoms with E-state index >= 15 is 0 Å². The van der Waals surface area contributed by atoms with Gasteiger partial charge in [0.05, 0.1) is 25.6 Å². The van der Waals surface area contributed by atoms with Gasteiger partial charge in [-0.3, -0.25) is 0 Å². The van der Waals surface area contributed by atoms with E-state index in [0.29, 0.717) is 0 Å². The molecule has 0 unspecified atom stereocenters. The molecule has 0 aliphatic rings. The first-order valence-corrected chi connectivity index (χ1v) is 19.6. The minimum absolute atomic E-state index is 0.835. The van der Waals surface area contributed by atoms with Crippen LogP contribution in [0.1, 0.15) is 22.3 Å². The molecule has 0 N–H and O–H groups in total. The Hall–Kier alpha value is -7.04. The summed E-state index contributed by atoms with van der Waals surface area (Å²) in [5.74, 6) is 1.67. The zero-order valence-electron chi connectivity index (χ0n) is 34.2. The molecule has 0 fully saturated rings. The molecule has 0 heterocycles. The SMILES string of the molecule is COc1ccc(N(c2ccc(OC)cc2)c2cc(C)ccc2-c2ccc(C)cc2)cc1.Cc1ccc(-c2ccc(C)cc2N(c2ccccc2)c2ccccc2)cc1. The van der Waals surface area contributed by atoms with E-state index in [-0.39, 0.29) is 0 Å². The molecular formula is C54H50N2O2. The zero-order chi connectivity index (χ0) is 40.4. The lowest BCUT2D eigenvalue weighted by atomic mass is 9.99. The van der Waals surface area contributed by atoms with E-state index in [0.717, 1.165) is 39.9 Å². The lowest BCUT2D eigenvalue weighted by Gasteiger charge is -2.28. The Kier molecular flexibility index (Phi) is 12.4. The van der Waals surface area contributed by atoms with Crippen LogP contribution in [0.2, 0.25) is 0 Å². The summed E-state index contributed by atoms with van der Waals surface area (Å²) in [6.45, 7) is 8.51.